The van der Waals surface area contributed by atoms with Gasteiger partial charge in [0.15, 0.2) is 0 Å². The van der Waals surface area contributed by atoms with E-state index in [1.165, 1.54) is 6.07 Å². The third-order valence-electron chi connectivity index (χ3n) is 3.20. The molecule has 1 amide bonds. The molecule has 7 nitrogen and oxygen atoms in total. The van der Waals surface area contributed by atoms with Crippen molar-refractivity contribution in [2.45, 2.75) is 13.0 Å². The van der Waals surface area contributed by atoms with Crippen LogP contribution in [0.2, 0.25) is 0 Å². The van der Waals surface area contributed by atoms with Crippen molar-refractivity contribution in [3.8, 4) is 0 Å². The van der Waals surface area contributed by atoms with Gasteiger partial charge < -0.3 is 10.1 Å². The number of carbonyl (C=O) groups excluding carboxylic acids is 2. The fourth-order valence-electron chi connectivity index (χ4n) is 2.04. The fraction of sp³-hybridized carbons (Fsp3) is 0.222. The van der Waals surface area contributed by atoms with Gasteiger partial charge in [-0.15, -0.1) is 0 Å². The number of hydrogen-bond acceptors (Lipinski definition) is 5. The monoisotopic (exact) mass is 344 g/mol. The number of non-ortho nitro benzene ring substituents is 1. The third-order valence-corrected chi connectivity index (χ3v) is 3.20. The Hall–Kier alpha value is -3.06. The topological polar surface area (TPSA) is 98.5 Å². The highest BCUT2D eigenvalue weighted by Crippen LogP contribution is 2.18. The number of methoxy groups -OCH3 is 1. The zero-order chi connectivity index (χ0) is 18.8. The first-order chi connectivity index (χ1) is 11.9. The van der Waals surface area contributed by atoms with E-state index in [0.717, 1.165) is 17.7 Å². The minimum atomic E-state index is -0.635. The standard InChI is InChI=1S/C16H14N2O4.C2H6O/c1-11(13-5-3-2-4-6-13)17-16(20)14-7-12(10-19)8-15(9-14)18(21)22;1-3-2/h2-11H,1H3,(H,17,20);1-2H3/t11-;/m1./s1. The summed E-state index contributed by atoms with van der Waals surface area (Å²) < 4.78 is 4.25. The predicted molar refractivity (Wildman–Crippen MR) is 93.7 cm³/mol. The number of ether oxygens (including phenoxy) is 1. The van der Waals surface area contributed by atoms with E-state index < -0.39 is 10.8 Å². The average Bonchev–Trinajstić information content (AvgIpc) is 2.62. The number of nitrogens with one attached hydrogen (secondary N) is 1. The summed E-state index contributed by atoms with van der Waals surface area (Å²) in [6.07, 6.45) is 0.477. The number of hydrogen-bond donors (Lipinski definition) is 1. The second-order valence-electron chi connectivity index (χ2n) is 5.20. The molecule has 0 saturated heterocycles. The summed E-state index contributed by atoms with van der Waals surface area (Å²) in [7, 11) is 3.25. The van der Waals surface area contributed by atoms with Crippen LogP contribution in [0.3, 0.4) is 0 Å². The van der Waals surface area contributed by atoms with E-state index in [1.807, 2.05) is 37.3 Å². The van der Waals surface area contributed by atoms with Crippen molar-refractivity contribution in [3.63, 3.8) is 0 Å². The van der Waals surface area contributed by atoms with E-state index in [4.69, 9.17) is 0 Å². The van der Waals surface area contributed by atoms with Gasteiger partial charge in [-0.1, -0.05) is 30.3 Å². The molecule has 0 heterocycles. The molecular weight excluding hydrogens is 324 g/mol. The molecule has 7 heteroatoms. The molecule has 2 aromatic carbocycles. The molecule has 0 aliphatic heterocycles. The molecule has 132 valence electrons. The molecule has 0 aliphatic carbocycles. The minimum Gasteiger partial charge on any atom is -0.388 e. The molecule has 0 bridgehead atoms. The Morgan fingerprint density at radius 3 is 2.32 bits per heavy atom. The molecule has 0 saturated carbocycles. The molecule has 0 fully saturated rings. The van der Waals surface area contributed by atoms with Crippen molar-refractivity contribution in [2.75, 3.05) is 14.2 Å². The molecule has 0 aliphatic rings. The van der Waals surface area contributed by atoms with Gasteiger partial charge in [0.2, 0.25) is 0 Å². The summed E-state index contributed by atoms with van der Waals surface area (Å²) in [5.74, 6) is -0.469. The van der Waals surface area contributed by atoms with Gasteiger partial charge in [0.05, 0.1) is 11.0 Å². The van der Waals surface area contributed by atoms with Crippen LogP contribution in [0.5, 0.6) is 0 Å². The molecular formula is C18H20N2O5. The first-order valence-electron chi connectivity index (χ1n) is 7.43. The highest BCUT2D eigenvalue weighted by molar-refractivity contribution is 5.96. The molecule has 0 spiro atoms. The number of nitro groups is 1. The summed E-state index contributed by atoms with van der Waals surface area (Å²) in [5, 5.41) is 13.6. The SMILES string of the molecule is COC.C[C@@H](NC(=O)c1cc(C=O)cc([N+](=O)[O-])c1)c1ccccc1. The van der Waals surface area contributed by atoms with Gasteiger partial charge in [0.25, 0.3) is 11.6 Å². The lowest BCUT2D eigenvalue weighted by atomic mass is 10.1. The smallest absolute Gasteiger partial charge is 0.270 e. The minimum absolute atomic E-state index is 0.0825. The third kappa shape index (κ3) is 6.15. The Morgan fingerprint density at radius 2 is 1.80 bits per heavy atom. The first-order valence-corrected chi connectivity index (χ1v) is 7.43. The van der Waals surface area contributed by atoms with Crippen LogP contribution in [0.15, 0.2) is 48.5 Å². The van der Waals surface area contributed by atoms with Crippen molar-refractivity contribution >= 4 is 17.9 Å². The van der Waals surface area contributed by atoms with Crippen LogP contribution < -0.4 is 5.32 Å². The van der Waals surface area contributed by atoms with E-state index in [9.17, 15) is 19.7 Å². The van der Waals surface area contributed by atoms with Crippen LogP contribution in [-0.4, -0.2) is 31.3 Å². The normalized spacial score (nSPS) is 10.8. The molecule has 0 aromatic heterocycles. The zero-order valence-electron chi connectivity index (χ0n) is 14.3. The second kappa shape index (κ2) is 9.94. The molecule has 2 aromatic rings. The van der Waals surface area contributed by atoms with Crippen LogP contribution >= 0.6 is 0 Å². The van der Waals surface area contributed by atoms with E-state index >= 15 is 0 Å². The van der Waals surface area contributed by atoms with Gasteiger partial charge in [-0.3, -0.25) is 19.7 Å². The Bertz CT molecular complexity index is 732. The van der Waals surface area contributed by atoms with Crippen LogP contribution in [0.1, 0.15) is 39.2 Å². The zero-order valence-corrected chi connectivity index (χ0v) is 14.3. The van der Waals surface area contributed by atoms with Gasteiger partial charge in [-0.2, -0.15) is 0 Å². The van der Waals surface area contributed by atoms with E-state index in [1.54, 1.807) is 14.2 Å². The van der Waals surface area contributed by atoms with Crippen LogP contribution in [-0.2, 0) is 4.74 Å². The van der Waals surface area contributed by atoms with Crippen molar-refractivity contribution in [3.05, 3.63) is 75.3 Å². The predicted octanol–water partition coefficient (Wildman–Crippen LogP) is 3.16. The first kappa shape index (κ1) is 20.0. The summed E-state index contributed by atoms with van der Waals surface area (Å²) in [6.45, 7) is 1.81. The van der Waals surface area contributed by atoms with Crippen molar-refractivity contribution in [2.24, 2.45) is 0 Å². The van der Waals surface area contributed by atoms with Crippen LogP contribution in [0.4, 0.5) is 5.69 Å². The molecule has 1 N–H and O–H groups in total. The largest absolute Gasteiger partial charge is 0.388 e. The van der Waals surface area contributed by atoms with Gasteiger partial charge >= 0.3 is 0 Å². The lowest BCUT2D eigenvalue weighted by Crippen LogP contribution is -2.26. The Kier molecular flexibility index (Phi) is 7.95. The van der Waals surface area contributed by atoms with Gasteiger partial charge in [-0.25, -0.2) is 0 Å². The number of amides is 1. The summed E-state index contributed by atoms with van der Waals surface area (Å²) in [5.41, 5.74) is 0.796. The Morgan fingerprint density at radius 1 is 1.20 bits per heavy atom. The summed E-state index contributed by atoms with van der Waals surface area (Å²) in [6, 6.07) is 12.7. The maximum Gasteiger partial charge on any atom is 0.270 e. The number of nitrogens with zero attached hydrogens (tertiary/aromatic N) is 1. The number of carbonyl (C=O) groups is 2. The Balaban J connectivity index is 0.000000970. The highest BCUT2D eigenvalue weighted by Gasteiger charge is 2.16. The second-order valence-corrected chi connectivity index (χ2v) is 5.20. The molecule has 0 unspecified atom stereocenters. The van der Waals surface area contributed by atoms with Gasteiger partial charge in [-0.05, 0) is 18.6 Å². The van der Waals surface area contributed by atoms with Crippen molar-refractivity contribution < 1.29 is 19.2 Å². The number of aldehydes is 1. The van der Waals surface area contributed by atoms with E-state index in [2.05, 4.69) is 10.1 Å². The summed E-state index contributed by atoms with van der Waals surface area (Å²) >= 11 is 0. The fourth-order valence-corrected chi connectivity index (χ4v) is 2.04. The average molecular weight is 344 g/mol. The quantitative estimate of drug-likeness (QED) is 0.510. The molecule has 1 atom stereocenters. The van der Waals surface area contributed by atoms with Crippen molar-refractivity contribution in [1.29, 1.82) is 0 Å². The summed E-state index contributed by atoms with van der Waals surface area (Å²) in [4.78, 5) is 33.3. The van der Waals surface area contributed by atoms with Crippen LogP contribution in [0, 0.1) is 10.1 Å². The van der Waals surface area contributed by atoms with Gasteiger partial charge in [0.1, 0.15) is 6.29 Å². The number of nitro benzene ring substituents is 1. The maximum atomic E-state index is 12.2. The lowest BCUT2D eigenvalue weighted by molar-refractivity contribution is -0.384. The van der Waals surface area contributed by atoms with Crippen LogP contribution in [0.25, 0.3) is 0 Å². The van der Waals surface area contributed by atoms with Crippen molar-refractivity contribution in [1.82, 2.24) is 5.32 Å². The lowest BCUT2D eigenvalue weighted by Gasteiger charge is -2.14. The Labute approximate surface area is 145 Å². The highest BCUT2D eigenvalue weighted by atomic mass is 16.6. The maximum absolute atomic E-state index is 12.2. The van der Waals surface area contributed by atoms with Gasteiger partial charge in [0, 0.05) is 37.5 Å². The number of rotatable bonds is 5. The van der Waals surface area contributed by atoms with E-state index in [-0.39, 0.29) is 22.9 Å². The molecule has 2 rings (SSSR count). The number of benzene rings is 2. The molecule has 0 radical (unpaired) electrons. The molecule has 25 heavy (non-hydrogen) atoms. The van der Waals surface area contributed by atoms with E-state index in [0.29, 0.717) is 6.29 Å².